The Morgan fingerprint density at radius 2 is 1.95 bits per heavy atom. The first-order chi connectivity index (χ1) is 18.4. The maximum Gasteiger partial charge on any atom is 0.417 e. The first-order valence-electron chi connectivity index (χ1n) is 12.7. The second kappa shape index (κ2) is 9.73. The Hall–Kier alpha value is -3.26. The third-order valence-corrected chi connectivity index (χ3v) is 8.21. The van der Waals surface area contributed by atoms with Crippen LogP contribution in [0.1, 0.15) is 55.4 Å². The van der Waals surface area contributed by atoms with Crippen molar-refractivity contribution >= 4 is 11.8 Å². The number of piperidine rings is 1. The molecule has 1 spiro atoms. The van der Waals surface area contributed by atoms with E-state index in [0.717, 1.165) is 6.20 Å². The highest BCUT2D eigenvalue weighted by Gasteiger charge is 2.58. The number of amides is 2. The molecule has 5 rings (SSSR count). The lowest BCUT2D eigenvalue weighted by molar-refractivity contribution is -0.279. The van der Waals surface area contributed by atoms with Crippen molar-refractivity contribution in [2.24, 2.45) is 5.92 Å². The number of carbonyl (C=O) groups excluding carboxylic acids is 2. The number of rotatable bonds is 5. The summed E-state index contributed by atoms with van der Waals surface area (Å²) in [5.41, 5.74) is -3.00. The molecule has 2 aromatic heterocycles. The third kappa shape index (κ3) is 5.07. The zero-order chi connectivity index (χ0) is 28.2. The number of aliphatic hydroxyl groups excluding tert-OH is 1. The van der Waals surface area contributed by atoms with E-state index in [9.17, 15) is 37.4 Å². The van der Waals surface area contributed by atoms with E-state index in [-0.39, 0.29) is 47.6 Å². The van der Waals surface area contributed by atoms with Crippen molar-refractivity contribution in [3.63, 3.8) is 0 Å². The molecule has 2 saturated carbocycles. The smallest absolute Gasteiger partial charge is 0.417 e. The first-order valence-corrected chi connectivity index (χ1v) is 12.7. The minimum absolute atomic E-state index is 0.0943. The number of halogens is 4. The lowest BCUT2D eigenvalue weighted by Crippen LogP contribution is -2.58. The number of likely N-dealkylation sites (tertiary alicyclic amines) is 1. The van der Waals surface area contributed by atoms with E-state index in [2.05, 4.69) is 20.5 Å². The Morgan fingerprint density at radius 3 is 2.59 bits per heavy atom. The highest BCUT2D eigenvalue weighted by Crippen LogP contribution is 2.50. The largest absolute Gasteiger partial charge is 0.481 e. The zero-order valence-electron chi connectivity index (χ0n) is 21.1. The predicted octanol–water partition coefficient (Wildman–Crippen LogP) is 2.33. The molecule has 3 aliphatic rings. The Kier molecular flexibility index (Phi) is 6.82. The number of hydrogen-bond donors (Lipinski definition) is 4. The van der Waals surface area contributed by atoms with Crippen LogP contribution >= 0.6 is 0 Å². The molecule has 2 aromatic rings. The molecule has 3 heterocycles. The van der Waals surface area contributed by atoms with Crippen molar-refractivity contribution in [2.45, 2.75) is 74.4 Å². The van der Waals surface area contributed by atoms with E-state index in [1.54, 1.807) is 4.90 Å². The maximum atomic E-state index is 14.3. The fourth-order valence-corrected chi connectivity index (χ4v) is 5.70. The van der Waals surface area contributed by atoms with E-state index in [4.69, 9.17) is 4.74 Å². The Morgan fingerprint density at radius 1 is 1.21 bits per heavy atom. The number of pyridine rings is 1. The molecule has 1 aliphatic heterocycles. The summed E-state index contributed by atoms with van der Waals surface area (Å²) >= 11 is 0. The highest BCUT2D eigenvalue weighted by atomic mass is 19.4. The first kappa shape index (κ1) is 27.3. The van der Waals surface area contributed by atoms with E-state index in [1.807, 2.05) is 0 Å². The normalized spacial score (nSPS) is 28.3. The van der Waals surface area contributed by atoms with Crippen LogP contribution in [0.2, 0.25) is 0 Å². The van der Waals surface area contributed by atoms with Crippen LogP contribution in [0.25, 0.3) is 11.3 Å². The summed E-state index contributed by atoms with van der Waals surface area (Å²) in [5, 5.41) is 29.5. The number of aromatic amines is 1. The van der Waals surface area contributed by atoms with Crippen LogP contribution in [-0.2, 0) is 4.79 Å². The fourth-order valence-electron chi connectivity index (χ4n) is 5.70. The summed E-state index contributed by atoms with van der Waals surface area (Å²) in [7, 11) is 1.40. The number of H-pyrrole nitrogens is 1. The molecule has 3 fully saturated rings. The monoisotopic (exact) mass is 555 g/mol. The van der Waals surface area contributed by atoms with Gasteiger partial charge in [-0.3, -0.25) is 14.7 Å². The topological polar surface area (TPSA) is 141 Å². The molecule has 0 radical (unpaired) electrons. The molecule has 0 unspecified atom stereocenters. The quantitative estimate of drug-likeness (QED) is 0.415. The van der Waals surface area contributed by atoms with Crippen LogP contribution in [-0.4, -0.2) is 85.2 Å². The summed E-state index contributed by atoms with van der Waals surface area (Å²) in [6, 6.07) is 1.93. The highest BCUT2D eigenvalue weighted by molar-refractivity contribution is 5.94. The lowest BCUT2D eigenvalue weighted by atomic mass is 9.79. The number of nitrogens with one attached hydrogen (secondary N) is 2. The number of methoxy groups -OCH3 is 1. The fraction of sp³-hybridized carbons (Fsp3) is 0.600. The van der Waals surface area contributed by atoms with Gasteiger partial charge in [-0.25, -0.2) is 9.37 Å². The van der Waals surface area contributed by atoms with Crippen molar-refractivity contribution < 1.29 is 42.1 Å². The summed E-state index contributed by atoms with van der Waals surface area (Å²) < 4.78 is 58.7. The number of aliphatic hydroxyl groups is 2. The molecule has 4 N–H and O–H groups in total. The molecule has 4 atom stereocenters. The van der Waals surface area contributed by atoms with Crippen molar-refractivity contribution in [1.29, 1.82) is 0 Å². The van der Waals surface area contributed by atoms with Gasteiger partial charge in [0.2, 0.25) is 11.8 Å². The molecule has 2 amide bonds. The second-order valence-electron chi connectivity index (χ2n) is 10.7. The van der Waals surface area contributed by atoms with Gasteiger partial charge in [-0.1, -0.05) is 0 Å². The minimum atomic E-state index is -4.87. The number of alkyl halides is 3. The molecule has 10 nitrogen and oxygen atoms in total. The number of carbonyl (C=O) groups is 2. The third-order valence-electron chi connectivity index (χ3n) is 8.21. The minimum Gasteiger partial charge on any atom is -0.481 e. The van der Waals surface area contributed by atoms with Crippen molar-refractivity contribution in [2.75, 3.05) is 13.7 Å². The van der Waals surface area contributed by atoms with Gasteiger partial charge in [-0.15, -0.1) is 0 Å². The molecule has 2 aliphatic carbocycles. The Balaban J connectivity index is 1.22. The molecule has 212 valence electrons. The van der Waals surface area contributed by atoms with Crippen molar-refractivity contribution in [3.05, 3.63) is 29.8 Å². The summed E-state index contributed by atoms with van der Waals surface area (Å²) in [4.78, 5) is 31.8. The van der Waals surface area contributed by atoms with E-state index < -0.39 is 54.0 Å². The number of aromatic nitrogens is 3. The molecule has 0 aromatic carbocycles. The molecule has 0 bridgehead atoms. The van der Waals surface area contributed by atoms with Crippen LogP contribution < -0.4 is 10.1 Å². The number of nitrogens with zero attached hydrogens (tertiary/aromatic N) is 3. The van der Waals surface area contributed by atoms with E-state index in [1.165, 1.54) is 19.2 Å². The molecule has 14 heteroatoms. The average Bonchev–Trinajstić information content (AvgIpc) is 3.46. The van der Waals surface area contributed by atoms with Gasteiger partial charge >= 0.3 is 6.18 Å². The standard InChI is InChI=1S/C25H29F4N5O5/c1-39-20-8-14(15(26)12-30-20)17-9-18(33-32-17)22(37)34-7-3-13(10-23(34)5-6-23)21(36)31-16-2-4-24(38,11-19(16)35)25(27,28)29/h8-9,12-13,16,19,35,38H,2-7,10-11H2,1H3,(H,31,36)(H,32,33)/t13-,16-,19-,24-/m0/s1. The van der Waals surface area contributed by atoms with Crippen LogP contribution in [0, 0.1) is 11.7 Å². The van der Waals surface area contributed by atoms with Gasteiger partial charge in [0.15, 0.2) is 17.1 Å². The molecule has 39 heavy (non-hydrogen) atoms. The number of hydrogen-bond acceptors (Lipinski definition) is 7. The van der Waals surface area contributed by atoms with Crippen LogP contribution in [0.15, 0.2) is 18.3 Å². The van der Waals surface area contributed by atoms with Gasteiger partial charge in [0, 0.05) is 36.1 Å². The van der Waals surface area contributed by atoms with Gasteiger partial charge in [-0.2, -0.15) is 18.3 Å². The second-order valence-corrected chi connectivity index (χ2v) is 10.7. The van der Waals surface area contributed by atoms with Crippen molar-refractivity contribution in [1.82, 2.24) is 25.4 Å². The van der Waals surface area contributed by atoms with Crippen LogP contribution in [0.4, 0.5) is 17.6 Å². The van der Waals surface area contributed by atoms with Crippen molar-refractivity contribution in [3.8, 4) is 17.1 Å². The van der Waals surface area contributed by atoms with Gasteiger partial charge in [0.25, 0.3) is 5.91 Å². The summed E-state index contributed by atoms with van der Waals surface area (Å²) in [6.07, 6.45) is -5.07. The van der Waals surface area contributed by atoms with Gasteiger partial charge in [-0.05, 0) is 44.6 Å². The molecular formula is C25H29F4N5O5. The maximum absolute atomic E-state index is 14.3. The van der Waals surface area contributed by atoms with Crippen LogP contribution in [0.5, 0.6) is 5.88 Å². The summed E-state index contributed by atoms with van der Waals surface area (Å²) in [6.45, 7) is 0.262. The van der Waals surface area contributed by atoms with Gasteiger partial charge < -0.3 is 25.2 Å². The summed E-state index contributed by atoms with van der Waals surface area (Å²) in [5.74, 6) is -1.65. The zero-order valence-corrected chi connectivity index (χ0v) is 21.1. The number of ether oxygens (including phenoxy) is 1. The predicted molar refractivity (Wildman–Crippen MR) is 127 cm³/mol. The Bertz CT molecular complexity index is 1270. The molecular weight excluding hydrogens is 526 g/mol. The average molecular weight is 556 g/mol. The van der Waals surface area contributed by atoms with Crippen LogP contribution in [0.3, 0.4) is 0 Å². The Labute approximate surface area is 220 Å². The van der Waals surface area contributed by atoms with E-state index >= 15 is 0 Å². The molecule has 1 saturated heterocycles. The van der Waals surface area contributed by atoms with Gasteiger partial charge in [0.1, 0.15) is 0 Å². The SMILES string of the molecule is COc1cc(-c2cc(C(=O)N3CC[C@H](C(=O)N[C@H]4CC[C@@](O)(C(F)(F)F)C[C@@H]4O)CC34CC4)n[nH]2)c(F)cn1. The lowest BCUT2D eigenvalue weighted by Gasteiger charge is -2.42. The van der Waals surface area contributed by atoms with E-state index in [0.29, 0.717) is 25.7 Å². The van der Waals surface area contributed by atoms with Gasteiger partial charge in [0.05, 0.1) is 31.1 Å².